The molecular weight excluding hydrogens is 238 g/mol. The van der Waals surface area contributed by atoms with Gasteiger partial charge in [-0.15, -0.1) is 0 Å². The Labute approximate surface area is 103 Å². The minimum atomic E-state index is -0.243. The molecule has 3 N–H and O–H groups in total. The average molecular weight is 250 g/mol. The molecule has 2 rings (SSSR count). The zero-order valence-corrected chi connectivity index (χ0v) is 9.94. The predicted octanol–water partition coefficient (Wildman–Crippen LogP) is 0.360. The van der Waals surface area contributed by atoms with Crippen molar-refractivity contribution in [3.8, 4) is 0 Å². The number of carbonyl (C=O) groups is 2. The summed E-state index contributed by atoms with van der Waals surface area (Å²) in [6.07, 6.45) is 4.99. The van der Waals surface area contributed by atoms with Crippen LogP contribution in [0.2, 0.25) is 0 Å². The van der Waals surface area contributed by atoms with Crippen LogP contribution in [0, 0.1) is 0 Å². The Balaban J connectivity index is 2.22. The van der Waals surface area contributed by atoms with Gasteiger partial charge in [-0.25, -0.2) is 0 Å². The van der Waals surface area contributed by atoms with Crippen molar-refractivity contribution in [1.82, 2.24) is 9.88 Å². The summed E-state index contributed by atoms with van der Waals surface area (Å²) in [6, 6.07) is 3.62. The standard InChI is InChI=1S/C11H11N3O2S/c12-3-5-14-10(15)9(17-11(14)16)6-8-2-1-4-13-7-8/h1-2,4,6-7H,3,5,12H2/p+1/b9-6-. The van der Waals surface area contributed by atoms with E-state index in [9.17, 15) is 9.59 Å². The lowest BCUT2D eigenvalue weighted by molar-refractivity contribution is -0.367. The van der Waals surface area contributed by atoms with Gasteiger partial charge in [-0.1, -0.05) is 6.07 Å². The van der Waals surface area contributed by atoms with Gasteiger partial charge in [-0.2, -0.15) is 0 Å². The number of rotatable bonds is 3. The maximum atomic E-state index is 11.9. The molecule has 0 atom stereocenters. The van der Waals surface area contributed by atoms with Crippen LogP contribution in [-0.4, -0.2) is 34.1 Å². The lowest BCUT2D eigenvalue weighted by Crippen LogP contribution is -2.55. The summed E-state index contributed by atoms with van der Waals surface area (Å²) in [7, 11) is 0. The molecule has 0 unspecified atom stereocenters. The van der Waals surface area contributed by atoms with Crippen molar-refractivity contribution in [2.75, 3.05) is 13.1 Å². The van der Waals surface area contributed by atoms with E-state index in [0.29, 0.717) is 18.0 Å². The number of hydrogen-bond donors (Lipinski definition) is 1. The lowest BCUT2D eigenvalue weighted by atomic mass is 10.2. The van der Waals surface area contributed by atoms with E-state index >= 15 is 0 Å². The molecule has 5 nitrogen and oxygen atoms in total. The third kappa shape index (κ3) is 2.54. The molecule has 1 aliphatic heterocycles. The van der Waals surface area contributed by atoms with Crippen LogP contribution in [-0.2, 0) is 4.79 Å². The van der Waals surface area contributed by atoms with Gasteiger partial charge in [0, 0.05) is 12.4 Å². The SMILES string of the molecule is [NH3+]CCN1C(=O)S/C(=C\c2cccnc2)C1=O. The van der Waals surface area contributed by atoms with Gasteiger partial charge in [0.15, 0.2) is 0 Å². The Kier molecular flexibility index (Phi) is 3.55. The van der Waals surface area contributed by atoms with Gasteiger partial charge in [0.25, 0.3) is 11.1 Å². The molecule has 2 amide bonds. The minimum Gasteiger partial charge on any atom is -0.356 e. The fraction of sp³-hybridized carbons (Fsp3) is 0.182. The number of imide groups is 1. The molecule has 1 aromatic rings. The summed E-state index contributed by atoms with van der Waals surface area (Å²) in [5, 5.41) is -0.228. The predicted molar refractivity (Wildman–Crippen MR) is 64.7 cm³/mol. The smallest absolute Gasteiger partial charge is 0.293 e. The Morgan fingerprint density at radius 3 is 2.94 bits per heavy atom. The molecule has 2 heterocycles. The van der Waals surface area contributed by atoms with Crippen LogP contribution in [0.15, 0.2) is 29.4 Å². The fourth-order valence-corrected chi connectivity index (χ4v) is 2.33. The van der Waals surface area contributed by atoms with Crippen LogP contribution >= 0.6 is 11.8 Å². The second kappa shape index (κ2) is 5.11. The highest BCUT2D eigenvalue weighted by Crippen LogP contribution is 2.31. The number of amides is 2. The molecule has 88 valence electrons. The van der Waals surface area contributed by atoms with E-state index in [-0.39, 0.29) is 11.1 Å². The van der Waals surface area contributed by atoms with E-state index in [4.69, 9.17) is 0 Å². The van der Waals surface area contributed by atoms with Gasteiger partial charge in [0.1, 0.15) is 0 Å². The third-order valence-electron chi connectivity index (χ3n) is 2.24. The Morgan fingerprint density at radius 2 is 2.29 bits per heavy atom. The molecule has 1 fully saturated rings. The van der Waals surface area contributed by atoms with Crippen molar-refractivity contribution >= 4 is 29.0 Å². The normalized spacial score (nSPS) is 18.2. The molecule has 0 spiro atoms. The second-order valence-electron chi connectivity index (χ2n) is 3.47. The highest BCUT2D eigenvalue weighted by atomic mass is 32.2. The molecule has 1 aliphatic rings. The molecule has 0 aliphatic carbocycles. The molecule has 6 heteroatoms. The molecular formula is C11H12N3O2S+. The maximum Gasteiger partial charge on any atom is 0.293 e. The van der Waals surface area contributed by atoms with Crippen LogP contribution in [0.1, 0.15) is 5.56 Å². The third-order valence-corrected chi connectivity index (χ3v) is 3.14. The first-order valence-corrected chi connectivity index (χ1v) is 5.98. The van der Waals surface area contributed by atoms with Gasteiger partial charge in [-0.3, -0.25) is 19.5 Å². The Bertz CT molecular complexity index is 473. The van der Waals surface area contributed by atoms with Gasteiger partial charge in [0.05, 0.1) is 18.0 Å². The van der Waals surface area contributed by atoms with E-state index in [0.717, 1.165) is 17.3 Å². The molecule has 0 radical (unpaired) electrons. The summed E-state index contributed by atoms with van der Waals surface area (Å²) >= 11 is 0.960. The van der Waals surface area contributed by atoms with Crippen molar-refractivity contribution in [1.29, 1.82) is 0 Å². The molecule has 17 heavy (non-hydrogen) atoms. The second-order valence-corrected chi connectivity index (χ2v) is 4.47. The molecule has 1 saturated heterocycles. The average Bonchev–Trinajstić information content (AvgIpc) is 2.59. The zero-order valence-electron chi connectivity index (χ0n) is 9.13. The first kappa shape index (κ1) is 11.8. The summed E-state index contributed by atoms with van der Waals surface area (Å²) in [5.74, 6) is -0.243. The van der Waals surface area contributed by atoms with E-state index in [1.54, 1.807) is 24.5 Å². The molecule has 0 bridgehead atoms. The Hall–Kier alpha value is -1.66. The van der Waals surface area contributed by atoms with Crippen molar-refractivity contribution in [2.24, 2.45) is 0 Å². The monoisotopic (exact) mass is 250 g/mol. The van der Waals surface area contributed by atoms with Crippen LogP contribution in [0.3, 0.4) is 0 Å². The van der Waals surface area contributed by atoms with E-state index in [1.807, 2.05) is 6.07 Å². The number of carbonyl (C=O) groups excluding carboxylic acids is 2. The Morgan fingerprint density at radius 1 is 1.47 bits per heavy atom. The van der Waals surface area contributed by atoms with Gasteiger partial charge >= 0.3 is 0 Å². The molecule has 0 saturated carbocycles. The number of nitrogens with zero attached hydrogens (tertiary/aromatic N) is 2. The highest BCUT2D eigenvalue weighted by Gasteiger charge is 2.34. The topological polar surface area (TPSA) is 77.9 Å². The van der Waals surface area contributed by atoms with Crippen LogP contribution < -0.4 is 5.73 Å². The van der Waals surface area contributed by atoms with Crippen LogP contribution in [0.25, 0.3) is 6.08 Å². The van der Waals surface area contributed by atoms with Gasteiger partial charge < -0.3 is 5.73 Å². The van der Waals surface area contributed by atoms with E-state index < -0.39 is 0 Å². The van der Waals surface area contributed by atoms with Crippen molar-refractivity contribution in [3.63, 3.8) is 0 Å². The minimum absolute atomic E-state index is 0.228. The first-order valence-electron chi connectivity index (χ1n) is 5.17. The number of pyridine rings is 1. The quantitative estimate of drug-likeness (QED) is 0.786. The van der Waals surface area contributed by atoms with Crippen molar-refractivity contribution in [2.45, 2.75) is 0 Å². The lowest BCUT2D eigenvalue weighted by Gasteiger charge is -2.08. The summed E-state index contributed by atoms with van der Waals surface area (Å²) in [6.45, 7) is 0.896. The maximum absolute atomic E-state index is 11.9. The number of thioether (sulfide) groups is 1. The summed E-state index contributed by atoms with van der Waals surface area (Å²) < 4.78 is 0. The van der Waals surface area contributed by atoms with Crippen LogP contribution in [0.5, 0.6) is 0 Å². The van der Waals surface area contributed by atoms with Crippen molar-refractivity contribution in [3.05, 3.63) is 35.0 Å². The summed E-state index contributed by atoms with van der Waals surface area (Å²) in [4.78, 5) is 29.1. The largest absolute Gasteiger partial charge is 0.356 e. The zero-order chi connectivity index (χ0) is 12.3. The highest BCUT2D eigenvalue weighted by molar-refractivity contribution is 8.18. The summed E-state index contributed by atoms with van der Waals surface area (Å²) in [5.41, 5.74) is 4.45. The van der Waals surface area contributed by atoms with Crippen molar-refractivity contribution < 1.29 is 15.3 Å². The van der Waals surface area contributed by atoms with Crippen LogP contribution in [0.4, 0.5) is 4.79 Å². The van der Waals surface area contributed by atoms with Gasteiger partial charge in [0.2, 0.25) is 0 Å². The van der Waals surface area contributed by atoms with E-state index in [1.165, 1.54) is 4.90 Å². The van der Waals surface area contributed by atoms with Gasteiger partial charge in [-0.05, 0) is 29.5 Å². The number of hydrogen-bond acceptors (Lipinski definition) is 4. The molecule has 0 aromatic carbocycles. The number of aromatic nitrogens is 1. The fourth-order valence-electron chi connectivity index (χ4n) is 1.46. The van der Waals surface area contributed by atoms with E-state index in [2.05, 4.69) is 10.7 Å². The number of quaternary nitrogens is 1. The first-order chi connectivity index (χ1) is 8.22. The molecule has 1 aromatic heterocycles.